The number of benzene rings is 4. The molecule has 0 aliphatic heterocycles. The zero-order chi connectivity index (χ0) is 25.8. The van der Waals surface area contributed by atoms with Crippen LogP contribution in [0.2, 0.25) is 0 Å². The molecule has 1 atom stereocenters. The lowest BCUT2D eigenvalue weighted by Crippen LogP contribution is -2.58. The molecule has 3 nitrogen and oxygen atoms in total. The molecular formula is C33H38N2O. The van der Waals surface area contributed by atoms with E-state index in [1.807, 2.05) is 41.3 Å². The maximum atomic E-state index is 14.2. The maximum absolute atomic E-state index is 14.2. The largest absolute Gasteiger partial charge is 0.334 e. The zero-order valence-corrected chi connectivity index (χ0v) is 22.2. The van der Waals surface area contributed by atoms with Crippen LogP contribution in [-0.2, 0) is 17.9 Å². The number of nitrogens with one attached hydrogen (secondary N) is 1. The van der Waals surface area contributed by atoms with Crippen LogP contribution in [0.4, 0.5) is 0 Å². The molecule has 0 aliphatic rings. The fourth-order valence-electron chi connectivity index (χ4n) is 4.90. The van der Waals surface area contributed by atoms with Crippen LogP contribution < -0.4 is 5.32 Å². The molecule has 0 fully saturated rings. The van der Waals surface area contributed by atoms with Crippen LogP contribution in [0.1, 0.15) is 57.4 Å². The third-order valence-electron chi connectivity index (χ3n) is 7.68. The van der Waals surface area contributed by atoms with E-state index in [0.29, 0.717) is 13.1 Å². The molecule has 4 aromatic rings. The molecule has 3 heteroatoms. The van der Waals surface area contributed by atoms with Gasteiger partial charge in [-0.2, -0.15) is 0 Å². The summed E-state index contributed by atoms with van der Waals surface area (Å²) in [4.78, 5) is 16.2. The predicted molar refractivity (Wildman–Crippen MR) is 150 cm³/mol. The molecule has 1 unspecified atom stereocenters. The van der Waals surface area contributed by atoms with Gasteiger partial charge in [0.05, 0.1) is 5.41 Å². The van der Waals surface area contributed by atoms with Gasteiger partial charge in [0, 0.05) is 24.7 Å². The first-order chi connectivity index (χ1) is 17.2. The third-order valence-corrected chi connectivity index (χ3v) is 7.68. The Balaban J connectivity index is 1.60. The van der Waals surface area contributed by atoms with Gasteiger partial charge in [-0.1, -0.05) is 103 Å². The number of fused-ring (bicyclic) bond motifs is 1. The maximum Gasteiger partial charge on any atom is 0.230 e. The first-order valence-electron chi connectivity index (χ1n) is 12.8. The van der Waals surface area contributed by atoms with E-state index in [2.05, 4.69) is 107 Å². The van der Waals surface area contributed by atoms with Gasteiger partial charge in [0.1, 0.15) is 0 Å². The molecule has 0 radical (unpaired) electrons. The van der Waals surface area contributed by atoms with E-state index in [1.165, 1.54) is 16.3 Å². The number of rotatable bonds is 9. The second-order valence-electron chi connectivity index (χ2n) is 10.8. The van der Waals surface area contributed by atoms with E-state index in [0.717, 1.165) is 11.1 Å². The molecule has 0 aliphatic carbocycles. The lowest BCUT2D eigenvalue weighted by Gasteiger charge is -2.45. The van der Waals surface area contributed by atoms with E-state index >= 15 is 0 Å². The lowest BCUT2D eigenvalue weighted by molar-refractivity contribution is -0.146. The number of amides is 1. The molecule has 1 N–H and O–H groups in total. The molecule has 0 saturated carbocycles. The van der Waals surface area contributed by atoms with Crippen molar-refractivity contribution in [2.75, 3.05) is 0 Å². The summed E-state index contributed by atoms with van der Waals surface area (Å²) in [6.07, 6.45) is 0. The van der Waals surface area contributed by atoms with Crippen LogP contribution in [0.15, 0.2) is 103 Å². The second-order valence-corrected chi connectivity index (χ2v) is 10.8. The monoisotopic (exact) mass is 478 g/mol. The van der Waals surface area contributed by atoms with Gasteiger partial charge in [-0.3, -0.25) is 4.79 Å². The van der Waals surface area contributed by atoms with Crippen molar-refractivity contribution in [1.29, 1.82) is 0 Å². The number of hydrogen-bond donors (Lipinski definition) is 1. The Morgan fingerprint density at radius 2 is 1.22 bits per heavy atom. The van der Waals surface area contributed by atoms with Crippen molar-refractivity contribution in [1.82, 2.24) is 10.2 Å². The Hall–Kier alpha value is -3.43. The first-order valence-corrected chi connectivity index (χ1v) is 12.8. The minimum absolute atomic E-state index is 0.0786. The summed E-state index contributed by atoms with van der Waals surface area (Å²) >= 11 is 0. The highest BCUT2D eigenvalue weighted by Crippen LogP contribution is 2.36. The normalized spacial score (nSPS) is 12.9. The molecular weight excluding hydrogens is 440 g/mol. The summed E-state index contributed by atoms with van der Waals surface area (Å²) in [5, 5.41) is 6.30. The number of hydrogen-bond acceptors (Lipinski definition) is 2. The van der Waals surface area contributed by atoms with Gasteiger partial charge in [-0.25, -0.2) is 0 Å². The van der Waals surface area contributed by atoms with Gasteiger partial charge < -0.3 is 10.2 Å². The molecule has 1 amide bonds. The highest BCUT2D eigenvalue weighted by atomic mass is 16.2. The smallest absolute Gasteiger partial charge is 0.230 e. The Kier molecular flexibility index (Phi) is 7.61. The van der Waals surface area contributed by atoms with E-state index < -0.39 is 11.0 Å². The number of carbonyl (C=O) groups is 1. The minimum atomic E-state index is -0.657. The molecule has 0 heterocycles. The van der Waals surface area contributed by atoms with Crippen LogP contribution in [0.5, 0.6) is 0 Å². The average molecular weight is 479 g/mol. The molecule has 0 saturated heterocycles. The molecule has 36 heavy (non-hydrogen) atoms. The van der Waals surface area contributed by atoms with Crippen LogP contribution in [-0.4, -0.2) is 16.3 Å². The van der Waals surface area contributed by atoms with Gasteiger partial charge in [-0.15, -0.1) is 0 Å². The van der Waals surface area contributed by atoms with E-state index in [-0.39, 0.29) is 11.9 Å². The first kappa shape index (κ1) is 25.7. The fraction of sp³-hybridized carbons (Fsp3) is 0.303. The van der Waals surface area contributed by atoms with Crippen LogP contribution in [0.25, 0.3) is 10.8 Å². The van der Waals surface area contributed by atoms with Crippen LogP contribution in [0, 0.1) is 5.41 Å². The van der Waals surface area contributed by atoms with Gasteiger partial charge in [-0.05, 0) is 62.1 Å². The zero-order valence-electron chi connectivity index (χ0n) is 22.2. The van der Waals surface area contributed by atoms with E-state index in [4.69, 9.17) is 0 Å². The molecule has 0 aromatic heterocycles. The highest BCUT2D eigenvalue weighted by Gasteiger charge is 2.45. The van der Waals surface area contributed by atoms with Crippen molar-refractivity contribution in [3.05, 3.63) is 120 Å². The summed E-state index contributed by atoms with van der Waals surface area (Å²) in [7, 11) is 0. The van der Waals surface area contributed by atoms with Gasteiger partial charge in [0.2, 0.25) is 5.91 Å². The average Bonchev–Trinajstić information content (AvgIpc) is 2.88. The Morgan fingerprint density at radius 1 is 0.722 bits per heavy atom. The molecule has 4 aromatic carbocycles. The Morgan fingerprint density at radius 3 is 1.81 bits per heavy atom. The molecule has 0 spiro atoms. The van der Waals surface area contributed by atoms with E-state index in [9.17, 15) is 4.79 Å². The van der Waals surface area contributed by atoms with Crippen molar-refractivity contribution in [3.8, 4) is 0 Å². The molecule has 186 valence electrons. The summed E-state index contributed by atoms with van der Waals surface area (Å²) in [6, 6.07) is 35.5. The van der Waals surface area contributed by atoms with Crippen molar-refractivity contribution in [2.45, 2.75) is 59.3 Å². The standard InChI is InChI=1S/C33H38N2O/c1-25(29-22-14-20-28-19-12-13-21-30(28)29)34-33(4,5)32(2,3)31(36)35(23-26-15-8-6-9-16-26)24-27-17-10-7-11-18-27/h6-22,25,34H,23-24H2,1-5H3. The number of carbonyl (C=O) groups excluding carboxylic acids is 1. The van der Waals surface area contributed by atoms with Crippen LogP contribution in [0.3, 0.4) is 0 Å². The highest BCUT2D eigenvalue weighted by molar-refractivity contribution is 5.86. The third kappa shape index (κ3) is 5.52. The van der Waals surface area contributed by atoms with Gasteiger partial charge in [0.25, 0.3) is 0 Å². The summed E-state index contributed by atoms with van der Waals surface area (Å²) < 4.78 is 0. The number of nitrogens with zero attached hydrogens (tertiary/aromatic N) is 1. The van der Waals surface area contributed by atoms with Crippen LogP contribution >= 0.6 is 0 Å². The Bertz CT molecular complexity index is 1250. The summed E-state index contributed by atoms with van der Waals surface area (Å²) in [6.45, 7) is 11.8. The van der Waals surface area contributed by atoms with E-state index in [1.54, 1.807) is 0 Å². The quantitative estimate of drug-likeness (QED) is 0.270. The van der Waals surface area contributed by atoms with Crippen molar-refractivity contribution in [3.63, 3.8) is 0 Å². The Labute approximate surface area is 216 Å². The molecule has 0 bridgehead atoms. The van der Waals surface area contributed by atoms with Gasteiger partial charge in [0.15, 0.2) is 0 Å². The summed E-state index contributed by atoms with van der Waals surface area (Å²) in [5.74, 6) is 0.137. The molecule has 4 rings (SSSR count). The van der Waals surface area contributed by atoms with Crippen molar-refractivity contribution in [2.24, 2.45) is 5.41 Å². The summed E-state index contributed by atoms with van der Waals surface area (Å²) in [5.41, 5.74) is 2.39. The second kappa shape index (κ2) is 10.7. The van der Waals surface area contributed by atoms with Crippen molar-refractivity contribution >= 4 is 16.7 Å². The minimum Gasteiger partial charge on any atom is -0.334 e. The fourth-order valence-corrected chi connectivity index (χ4v) is 4.90. The topological polar surface area (TPSA) is 32.3 Å². The van der Waals surface area contributed by atoms with Crippen molar-refractivity contribution < 1.29 is 4.79 Å². The van der Waals surface area contributed by atoms with Gasteiger partial charge >= 0.3 is 0 Å². The lowest BCUT2D eigenvalue weighted by atomic mass is 9.72. The SMILES string of the molecule is CC(NC(C)(C)C(C)(C)C(=O)N(Cc1ccccc1)Cc1ccccc1)c1cccc2ccccc12. The predicted octanol–water partition coefficient (Wildman–Crippen LogP) is 7.52.